The summed E-state index contributed by atoms with van der Waals surface area (Å²) in [4.78, 5) is 4.08. The molecule has 2 aromatic rings. The fraction of sp³-hybridized carbons (Fsp3) is 0.0714. The molecule has 5 heteroatoms. The summed E-state index contributed by atoms with van der Waals surface area (Å²) in [5, 5.41) is 13.1. The maximum Gasteiger partial charge on any atom is 0.186 e. The topological polar surface area (TPSA) is 70.3 Å². The molecular formula is C14H12N4O. The molecule has 5 nitrogen and oxygen atoms in total. The molecule has 0 saturated heterocycles. The Hall–Kier alpha value is -2.87. The highest BCUT2D eigenvalue weighted by molar-refractivity contribution is 6.10. The van der Waals surface area contributed by atoms with Crippen LogP contribution in [0.4, 0.5) is 5.69 Å². The van der Waals surface area contributed by atoms with Gasteiger partial charge in [0.25, 0.3) is 0 Å². The number of ether oxygens (including phenoxy) is 1. The summed E-state index contributed by atoms with van der Waals surface area (Å²) >= 11 is 0. The van der Waals surface area contributed by atoms with E-state index in [2.05, 4.69) is 15.5 Å². The van der Waals surface area contributed by atoms with Gasteiger partial charge in [-0.05, 0) is 36.4 Å². The van der Waals surface area contributed by atoms with Crippen molar-refractivity contribution in [3.05, 3.63) is 54.4 Å². The van der Waals surface area contributed by atoms with Gasteiger partial charge >= 0.3 is 0 Å². The number of nitriles is 1. The number of hydrogen-bond donors (Lipinski definition) is 1. The number of hydrazone groups is 1. The van der Waals surface area contributed by atoms with Crippen LogP contribution in [-0.2, 0) is 0 Å². The Bertz CT molecular complexity index is 600. The lowest BCUT2D eigenvalue weighted by molar-refractivity contribution is 0.415. The van der Waals surface area contributed by atoms with Gasteiger partial charge in [0.05, 0.1) is 12.8 Å². The number of pyridine rings is 1. The minimum atomic E-state index is 0.233. The molecule has 1 heterocycles. The largest absolute Gasteiger partial charge is 0.497 e. The number of rotatable bonds is 4. The summed E-state index contributed by atoms with van der Waals surface area (Å²) in [6.45, 7) is 0. The molecule has 0 aliphatic carbocycles. The van der Waals surface area contributed by atoms with Crippen LogP contribution in [-0.4, -0.2) is 17.8 Å². The summed E-state index contributed by atoms with van der Waals surface area (Å²) in [6.07, 6.45) is 1.62. The Labute approximate surface area is 111 Å². The highest BCUT2D eigenvalue weighted by Crippen LogP contribution is 2.15. The number of nitrogens with one attached hydrogen (secondary N) is 1. The van der Waals surface area contributed by atoms with Gasteiger partial charge in [0.1, 0.15) is 17.5 Å². The van der Waals surface area contributed by atoms with Crippen LogP contribution in [0.3, 0.4) is 0 Å². The molecule has 0 atom stereocenters. The molecule has 0 aliphatic heterocycles. The van der Waals surface area contributed by atoms with Crippen LogP contribution in [0.25, 0.3) is 0 Å². The van der Waals surface area contributed by atoms with E-state index >= 15 is 0 Å². The van der Waals surface area contributed by atoms with Gasteiger partial charge in [-0.1, -0.05) is 6.07 Å². The standard InChI is InChI=1S/C14H12N4O/c1-19-12-7-5-11(6-8-12)17-18-14(10-15)13-4-2-3-9-16-13/h2-9,17H,1H3/b18-14+. The van der Waals surface area contributed by atoms with Gasteiger partial charge in [0.15, 0.2) is 5.71 Å². The third kappa shape index (κ3) is 3.30. The van der Waals surface area contributed by atoms with E-state index in [-0.39, 0.29) is 5.71 Å². The molecule has 0 unspecified atom stereocenters. The molecule has 2 rings (SSSR count). The van der Waals surface area contributed by atoms with Crippen LogP contribution in [0, 0.1) is 11.3 Å². The normalized spacial score (nSPS) is 10.6. The van der Waals surface area contributed by atoms with E-state index < -0.39 is 0 Å². The fourth-order valence-corrected chi connectivity index (χ4v) is 1.43. The van der Waals surface area contributed by atoms with Gasteiger partial charge < -0.3 is 4.74 Å². The van der Waals surface area contributed by atoms with Crippen molar-refractivity contribution in [3.63, 3.8) is 0 Å². The minimum absolute atomic E-state index is 0.233. The first kappa shape index (κ1) is 12.6. The lowest BCUT2D eigenvalue weighted by atomic mass is 10.2. The van der Waals surface area contributed by atoms with Crippen LogP contribution in [0.15, 0.2) is 53.8 Å². The van der Waals surface area contributed by atoms with Crippen molar-refractivity contribution < 1.29 is 4.74 Å². The van der Waals surface area contributed by atoms with Gasteiger partial charge in [0, 0.05) is 6.20 Å². The molecule has 0 bridgehead atoms. The summed E-state index contributed by atoms with van der Waals surface area (Å²) in [5.41, 5.74) is 4.35. The van der Waals surface area contributed by atoms with Crippen LogP contribution in [0.5, 0.6) is 5.75 Å². The number of nitrogens with zero attached hydrogens (tertiary/aromatic N) is 3. The third-order valence-corrected chi connectivity index (χ3v) is 2.40. The highest BCUT2D eigenvalue weighted by atomic mass is 16.5. The molecule has 0 saturated carbocycles. The van der Waals surface area contributed by atoms with E-state index in [0.29, 0.717) is 5.69 Å². The van der Waals surface area contributed by atoms with Crippen molar-refractivity contribution in [3.8, 4) is 11.8 Å². The van der Waals surface area contributed by atoms with Gasteiger partial charge in [-0.25, -0.2) is 0 Å². The van der Waals surface area contributed by atoms with Gasteiger partial charge in [-0.3, -0.25) is 10.4 Å². The lowest BCUT2D eigenvalue weighted by Gasteiger charge is -2.03. The maximum absolute atomic E-state index is 9.06. The molecule has 94 valence electrons. The lowest BCUT2D eigenvalue weighted by Crippen LogP contribution is -2.03. The van der Waals surface area contributed by atoms with Crippen molar-refractivity contribution in [2.75, 3.05) is 12.5 Å². The molecule has 1 N–H and O–H groups in total. The first-order valence-electron chi connectivity index (χ1n) is 5.63. The maximum atomic E-state index is 9.06. The van der Waals surface area contributed by atoms with E-state index in [9.17, 15) is 0 Å². The fourth-order valence-electron chi connectivity index (χ4n) is 1.43. The zero-order valence-corrected chi connectivity index (χ0v) is 10.4. The second-order valence-electron chi connectivity index (χ2n) is 3.63. The Balaban J connectivity index is 2.14. The molecule has 0 aliphatic rings. The zero-order chi connectivity index (χ0) is 13.5. The van der Waals surface area contributed by atoms with Gasteiger partial charge in [-0.2, -0.15) is 10.4 Å². The Morgan fingerprint density at radius 1 is 1.26 bits per heavy atom. The average molecular weight is 252 g/mol. The summed E-state index contributed by atoms with van der Waals surface area (Å²) in [6, 6.07) is 14.6. The molecule has 0 radical (unpaired) electrons. The van der Waals surface area contributed by atoms with Gasteiger partial charge in [-0.15, -0.1) is 0 Å². The summed E-state index contributed by atoms with van der Waals surface area (Å²) in [5.74, 6) is 0.764. The average Bonchev–Trinajstić information content (AvgIpc) is 2.49. The predicted molar refractivity (Wildman–Crippen MR) is 73.0 cm³/mol. The monoisotopic (exact) mass is 252 g/mol. The van der Waals surface area contributed by atoms with Crippen molar-refractivity contribution in [2.45, 2.75) is 0 Å². The predicted octanol–water partition coefficient (Wildman–Crippen LogP) is 2.43. The minimum Gasteiger partial charge on any atom is -0.497 e. The molecule has 0 amide bonds. The molecule has 0 fully saturated rings. The zero-order valence-electron chi connectivity index (χ0n) is 10.4. The van der Waals surface area contributed by atoms with Crippen LogP contribution in [0.2, 0.25) is 0 Å². The van der Waals surface area contributed by atoms with Gasteiger partial charge in [0.2, 0.25) is 0 Å². The number of anilines is 1. The molecular weight excluding hydrogens is 240 g/mol. The first-order chi connectivity index (χ1) is 9.33. The number of methoxy groups -OCH3 is 1. The number of benzene rings is 1. The second-order valence-corrected chi connectivity index (χ2v) is 3.63. The summed E-state index contributed by atoms with van der Waals surface area (Å²) < 4.78 is 5.06. The van der Waals surface area contributed by atoms with Crippen molar-refractivity contribution in [1.29, 1.82) is 5.26 Å². The molecule has 19 heavy (non-hydrogen) atoms. The quantitative estimate of drug-likeness (QED) is 0.670. The highest BCUT2D eigenvalue weighted by Gasteiger charge is 2.02. The Kier molecular flexibility index (Phi) is 4.09. The molecule has 1 aromatic heterocycles. The molecule has 1 aromatic carbocycles. The third-order valence-electron chi connectivity index (χ3n) is 2.40. The van der Waals surface area contributed by atoms with E-state index in [0.717, 1.165) is 11.4 Å². The SMILES string of the molecule is COc1ccc(N/N=C(\C#N)c2ccccn2)cc1. The Morgan fingerprint density at radius 3 is 2.63 bits per heavy atom. The van der Waals surface area contributed by atoms with Crippen molar-refractivity contribution >= 4 is 11.4 Å². The van der Waals surface area contributed by atoms with Crippen LogP contribution in [0.1, 0.15) is 5.69 Å². The van der Waals surface area contributed by atoms with Crippen molar-refractivity contribution in [1.82, 2.24) is 4.98 Å². The number of aromatic nitrogens is 1. The number of hydrogen-bond acceptors (Lipinski definition) is 5. The van der Waals surface area contributed by atoms with Crippen LogP contribution < -0.4 is 10.2 Å². The first-order valence-corrected chi connectivity index (χ1v) is 5.63. The van der Waals surface area contributed by atoms with Crippen molar-refractivity contribution in [2.24, 2.45) is 5.10 Å². The second kappa shape index (κ2) is 6.17. The van der Waals surface area contributed by atoms with E-state index in [1.54, 1.807) is 25.4 Å². The smallest absolute Gasteiger partial charge is 0.186 e. The van der Waals surface area contributed by atoms with E-state index in [1.165, 1.54) is 0 Å². The molecule has 0 spiro atoms. The van der Waals surface area contributed by atoms with E-state index in [1.807, 2.05) is 36.4 Å². The van der Waals surface area contributed by atoms with Crippen LogP contribution >= 0.6 is 0 Å². The van der Waals surface area contributed by atoms with E-state index in [4.69, 9.17) is 10.00 Å². The Morgan fingerprint density at radius 2 is 2.05 bits per heavy atom. The summed E-state index contributed by atoms with van der Waals surface area (Å²) in [7, 11) is 1.61.